The van der Waals surface area contributed by atoms with Gasteiger partial charge in [0.1, 0.15) is 17.4 Å². The highest BCUT2D eigenvalue weighted by Gasteiger charge is 2.32. The van der Waals surface area contributed by atoms with Gasteiger partial charge in [0.15, 0.2) is 0 Å². The number of para-hydroxylation sites is 1. The molecule has 0 saturated carbocycles. The summed E-state index contributed by atoms with van der Waals surface area (Å²) in [6.07, 6.45) is 2.28. The Morgan fingerprint density at radius 1 is 1.19 bits per heavy atom. The maximum absolute atomic E-state index is 12.6. The molecule has 2 aliphatic heterocycles. The highest BCUT2D eigenvalue weighted by molar-refractivity contribution is 7.08. The third kappa shape index (κ3) is 3.77. The number of rotatable bonds is 4. The van der Waals surface area contributed by atoms with Crippen molar-refractivity contribution in [2.75, 3.05) is 13.1 Å². The van der Waals surface area contributed by atoms with Crippen LogP contribution in [0.25, 0.3) is 10.9 Å². The number of hydrogen-bond donors (Lipinski definition) is 1. The van der Waals surface area contributed by atoms with Gasteiger partial charge in [0.25, 0.3) is 5.91 Å². The first-order valence-corrected chi connectivity index (χ1v) is 11.7. The van der Waals surface area contributed by atoms with E-state index in [0.717, 1.165) is 35.1 Å². The van der Waals surface area contributed by atoms with Crippen molar-refractivity contribution < 1.29 is 19.1 Å². The number of fused-ring (bicyclic) bond motifs is 1. The maximum Gasteiger partial charge on any atom is 0.254 e. The molecule has 2 fully saturated rings. The maximum atomic E-state index is 12.6. The van der Waals surface area contributed by atoms with Crippen molar-refractivity contribution in [1.29, 1.82) is 0 Å². The van der Waals surface area contributed by atoms with Crippen molar-refractivity contribution in [3.63, 3.8) is 0 Å². The number of nitrogens with one attached hydrogen (secondary N) is 1. The lowest BCUT2D eigenvalue weighted by Gasteiger charge is -2.32. The third-order valence-corrected chi connectivity index (χ3v) is 6.90. The van der Waals surface area contributed by atoms with Crippen molar-refractivity contribution in [1.82, 2.24) is 20.0 Å². The summed E-state index contributed by atoms with van der Waals surface area (Å²) in [6.45, 7) is 1.31. The average Bonchev–Trinajstić information content (AvgIpc) is 3.43. The Balaban J connectivity index is 1.32. The SMILES string of the molecule is Cn1nc(C2CCC(=O)NC2=O)c2cccc(OC3CCN(C(=O)c4ccsc4)CC3)c21. The molecule has 1 aromatic carbocycles. The fraction of sp³-hybridized carbons (Fsp3) is 0.391. The predicted octanol–water partition coefficient (Wildman–Crippen LogP) is 2.84. The van der Waals surface area contributed by atoms with E-state index < -0.39 is 5.92 Å². The van der Waals surface area contributed by atoms with Gasteiger partial charge in [0.2, 0.25) is 11.8 Å². The zero-order chi connectivity index (χ0) is 22.2. The largest absolute Gasteiger partial charge is 0.488 e. The van der Waals surface area contributed by atoms with Crippen LogP contribution in [0.15, 0.2) is 35.0 Å². The fourth-order valence-electron chi connectivity index (χ4n) is 4.56. The summed E-state index contributed by atoms with van der Waals surface area (Å²) < 4.78 is 8.11. The van der Waals surface area contributed by atoms with Crippen LogP contribution in [0.2, 0.25) is 0 Å². The lowest BCUT2D eigenvalue weighted by molar-refractivity contribution is -0.134. The second kappa shape index (κ2) is 8.38. The average molecular weight is 453 g/mol. The number of amides is 3. The Bertz CT molecular complexity index is 1180. The van der Waals surface area contributed by atoms with Crippen molar-refractivity contribution in [2.24, 2.45) is 7.05 Å². The monoisotopic (exact) mass is 452 g/mol. The van der Waals surface area contributed by atoms with Gasteiger partial charge < -0.3 is 9.64 Å². The summed E-state index contributed by atoms with van der Waals surface area (Å²) in [6, 6.07) is 7.63. The molecule has 1 atom stereocenters. The summed E-state index contributed by atoms with van der Waals surface area (Å²) >= 11 is 1.53. The van der Waals surface area contributed by atoms with Gasteiger partial charge in [-0.2, -0.15) is 16.4 Å². The second-order valence-electron chi connectivity index (χ2n) is 8.29. The summed E-state index contributed by atoms with van der Waals surface area (Å²) in [4.78, 5) is 38.4. The molecule has 1 N–H and O–H groups in total. The topological polar surface area (TPSA) is 93.5 Å². The van der Waals surface area contributed by atoms with Gasteiger partial charge in [-0.15, -0.1) is 0 Å². The van der Waals surface area contributed by atoms with E-state index in [0.29, 0.717) is 31.6 Å². The molecule has 3 aromatic rings. The van der Waals surface area contributed by atoms with E-state index in [1.165, 1.54) is 11.3 Å². The number of nitrogens with zero attached hydrogens (tertiary/aromatic N) is 3. The van der Waals surface area contributed by atoms with Crippen molar-refractivity contribution >= 4 is 40.0 Å². The minimum atomic E-state index is -0.446. The Morgan fingerprint density at radius 2 is 2.00 bits per heavy atom. The number of imide groups is 1. The molecule has 2 saturated heterocycles. The van der Waals surface area contributed by atoms with Gasteiger partial charge in [-0.1, -0.05) is 12.1 Å². The van der Waals surface area contributed by atoms with E-state index in [9.17, 15) is 14.4 Å². The van der Waals surface area contributed by atoms with Crippen LogP contribution in [0.3, 0.4) is 0 Å². The summed E-state index contributed by atoms with van der Waals surface area (Å²) in [7, 11) is 1.84. The summed E-state index contributed by atoms with van der Waals surface area (Å²) in [5.41, 5.74) is 2.26. The van der Waals surface area contributed by atoms with Crippen molar-refractivity contribution in [2.45, 2.75) is 37.7 Å². The lowest BCUT2D eigenvalue weighted by atomic mass is 9.93. The molecule has 5 rings (SSSR count). The number of aryl methyl sites for hydroxylation is 1. The fourth-order valence-corrected chi connectivity index (χ4v) is 5.19. The molecule has 0 aliphatic carbocycles. The Morgan fingerprint density at radius 3 is 2.72 bits per heavy atom. The molecule has 2 aromatic heterocycles. The number of carbonyl (C=O) groups is 3. The van der Waals surface area contributed by atoms with Crippen molar-refractivity contribution in [3.05, 3.63) is 46.3 Å². The summed E-state index contributed by atoms with van der Waals surface area (Å²) in [5.74, 6) is -0.182. The van der Waals surface area contributed by atoms with E-state index in [2.05, 4.69) is 10.4 Å². The van der Waals surface area contributed by atoms with Crippen LogP contribution in [-0.4, -0.2) is 51.6 Å². The molecule has 8 nitrogen and oxygen atoms in total. The number of aromatic nitrogens is 2. The van der Waals surface area contributed by atoms with Crippen LogP contribution in [0.4, 0.5) is 0 Å². The van der Waals surface area contributed by atoms with Gasteiger partial charge in [0, 0.05) is 50.2 Å². The standard InChI is InChI=1S/C23H24N4O4S/c1-26-21-16(20(25-26)17-5-6-19(28)24-22(17)29)3-2-4-18(21)31-15-7-10-27(11-8-15)23(30)14-9-12-32-13-14/h2-4,9,12-13,15,17H,5-8,10-11H2,1H3,(H,24,28,29). The number of hydrogen-bond acceptors (Lipinski definition) is 6. The first-order chi connectivity index (χ1) is 15.5. The van der Waals surface area contributed by atoms with Gasteiger partial charge in [-0.25, -0.2) is 0 Å². The van der Waals surface area contributed by atoms with E-state index in [4.69, 9.17) is 4.74 Å². The van der Waals surface area contributed by atoms with Crippen LogP contribution < -0.4 is 10.1 Å². The predicted molar refractivity (Wildman–Crippen MR) is 120 cm³/mol. The number of piperidine rings is 2. The summed E-state index contributed by atoms with van der Waals surface area (Å²) in [5, 5.41) is 11.7. The Kier molecular flexibility index (Phi) is 5.42. The van der Waals surface area contributed by atoms with Crippen molar-refractivity contribution in [3.8, 4) is 5.75 Å². The van der Waals surface area contributed by atoms with E-state index in [-0.39, 0.29) is 23.8 Å². The molecule has 0 bridgehead atoms. The first kappa shape index (κ1) is 20.7. The zero-order valence-corrected chi connectivity index (χ0v) is 18.6. The smallest absolute Gasteiger partial charge is 0.254 e. The van der Waals surface area contributed by atoms with E-state index in [1.54, 1.807) is 4.68 Å². The highest BCUT2D eigenvalue weighted by atomic mass is 32.1. The minimum absolute atomic E-state index is 0.000996. The minimum Gasteiger partial charge on any atom is -0.488 e. The molecular formula is C23H24N4O4S. The van der Waals surface area contributed by atoms with Gasteiger partial charge in [0.05, 0.1) is 17.2 Å². The molecule has 2 aliphatic rings. The number of thiophene rings is 1. The van der Waals surface area contributed by atoms with Crippen LogP contribution in [0.5, 0.6) is 5.75 Å². The molecule has 1 unspecified atom stereocenters. The number of likely N-dealkylation sites (tertiary alicyclic amines) is 1. The molecule has 32 heavy (non-hydrogen) atoms. The number of ether oxygens (including phenoxy) is 1. The molecular weight excluding hydrogens is 428 g/mol. The van der Waals surface area contributed by atoms with Crippen LogP contribution in [0.1, 0.15) is 47.7 Å². The van der Waals surface area contributed by atoms with Crippen LogP contribution in [-0.2, 0) is 16.6 Å². The van der Waals surface area contributed by atoms with Gasteiger partial charge in [-0.3, -0.25) is 24.4 Å². The quantitative estimate of drug-likeness (QED) is 0.615. The molecule has 4 heterocycles. The lowest BCUT2D eigenvalue weighted by Crippen LogP contribution is -2.41. The Hall–Kier alpha value is -3.20. The van der Waals surface area contributed by atoms with Gasteiger partial charge in [-0.05, 0) is 23.9 Å². The number of benzene rings is 1. The normalized spacial score (nSPS) is 19.9. The molecule has 9 heteroatoms. The third-order valence-electron chi connectivity index (χ3n) is 6.22. The highest BCUT2D eigenvalue weighted by Crippen LogP contribution is 2.35. The molecule has 0 spiro atoms. The molecule has 0 radical (unpaired) electrons. The van der Waals surface area contributed by atoms with E-state index in [1.807, 2.05) is 47.0 Å². The van der Waals surface area contributed by atoms with Gasteiger partial charge >= 0.3 is 0 Å². The first-order valence-electron chi connectivity index (χ1n) is 10.8. The molecule has 3 amide bonds. The second-order valence-corrected chi connectivity index (χ2v) is 9.07. The van der Waals surface area contributed by atoms with Crippen LogP contribution in [0, 0.1) is 0 Å². The Labute approximate surface area is 189 Å². The van der Waals surface area contributed by atoms with Crippen LogP contribution >= 0.6 is 11.3 Å². The van der Waals surface area contributed by atoms with E-state index >= 15 is 0 Å². The zero-order valence-electron chi connectivity index (χ0n) is 17.7. The number of carbonyl (C=O) groups excluding carboxylic acids is 3. The molecule has 166 valence electrons.